The number of aromatic nitrogens is 12. The van der Waals surface area contributed by atoms with E-state index in [-0.39, 0.29) is 163 Å². The van der Waals surface area contributed by atoms with Crippen LogP contribution in [-0.4, -0.2) is 195 Å². The number of phenolic OH excluding ortho intramolecular Hbond substituents is 2. The molecule has 7 unspecified atom stereocenters. The maximum Gasteiger partial charge on any atom is 0.285 e. The first-order valence-corrected chi connectivity index (χ1v) is 41.1. The number of aliphatic hydroxyl groups is 6. The van der Waals surface area contributed by atoms with Crippen molar-refractivity contribution in [3.8, 4) is 79.0 Å². The summed E-state index contributed by atoms with van der Waals surface area (Å²) in [5.41, 5.74) is 19.3. The number of aliphatic hydroxyl groups excluding tert-OH is 6. The molecule has 135 heavy (non-hydrogen) atoms. The summed E-state index contributed by atoms with van der Waals surface area (Å²) in [6.07, 6.45) is 21.9. The molecule has 33 heteroatoms. The van der Waals surface area contributed by atoms with Gasteiger partial charge in [0.1, 0.15) is 11.5 Å². The molecule has 1 fully saturated rings. The molecule has 0 spiro atoms. The molecule has 7 atom stereocenters. The van der Waals surface area contributed by atoms with Gasteiger partial charge in [0.2, 0.25) is 0 Å². The number of nitrogens with zero attached hydrogens (tertiary/aromatic N) is 14. The summed E-state index contributed by atoms with van der Waals surface area (Å²) in [6.45, 7) is 21.1. The second kappa shape index (κ2) is 77.3. The Hall–Kier alpha value is -9.81. The number of aromatic hydroxyl groups is 2. The van der Waals surface area contributed by atoms with Gasteiger partial charge in [-0.05, 0) is 112 Å². The smallest absolute Gasteiger partial charge is 0.285 e. The van der Waals surface area contributed by atoms with Crippen molar-refractivity contribution in [3.63, 3.8) is 0 Å². The minimum Gasteiger partial charge on any atom is -0.650 e. The van der Waals surface area contributed by atoms with Gasteiger partial charge in [0.15, 0.2) is 18.9 Å². The monoisotopic (exact) mass is 2900 g/mol. The minimum absolute atomic E-state index is 0. The Labute approximate surface area is 874 Å². The van der Waals surface area contributed by atoms with Crippen molar-refractivity contribution in [1.29, 1.82) is 0 Å². The number of carboxylic acid groups (broad SMARTS) is 1. The number of aliphatic imine (C=N–C) groups is 1. The van der Waals surface area contributed by atoms with E-state index >= 15 is 0 Å². The quantitative estimate of drug-likeness (QED) is 0.0177. The number of para-hydroxylation sites is 2. The van der Waals surface area contributed by atoms with E-state index in [0.717, 1.165) is 127 Å². The zero-order chi connectivity index (χ0) is 94.5. The van der Waals surface area contributed by atoms with Crippen LogP contribution in [0.4, 0.5) is 0 Å². The number of benzene rings is 8. The molecule has 0 bridgehead atoms. The molecule has 732 valence electrons. The van der Waals surface area contributed by atoms with Gasteiger partial charge in [-0.1, -0.05) is 44.0 Å². The molecule has 0 saturated carbocycles. The largest absolute Gasteiger partial charge is 0.650 e. The normalized spacial score (nSPS) is 12.0. The number of aryl methyl sites for hydroxylation is 7. The summed E-state index contributed by atoms with van der Waals surface area (Å²) in [4.78, 5) is 74.6. The van der Waals surface area contributed by atoms with Crippen molar-refractivity contribution in [1.82, 2.24) is 59.8 Å². The number of carboxylic acids is 1. The summed E-state index contributed by atoms with van der Waals surface area (Å²) in [5.74, 6) is -0.469. The minimum atomic E-state index is -0.944. The average molecular weight is 2900 g/mol. The Kier molecular flexibility index (Phi) is 74.0. The Balaban J connectivity index is -0.00000141. The van der Waals surface area contributed by atoms with Crippen LogP contribution < -0.4 is 0 Å². The molecular formula is C102H115Ir6N14O13-7. The van der Waals surface area contributed by atoms with Gasteiger partial charge in [-0.2, -0.15) is 0 Å². The molecule has 15 rings (SSSR count). The predicted octanol–water partition coefficient (Wildman–Crippen LogP) is 16.6. The summed E-state index contributed by atoms with van der Waals surface area (Å²) in [6, 6.07) is 76.8. The van der Waals surface area contributed by atoms with Crippen LogP contribution in [0.25, 0.3) is 72.9 Å². The molecule has 9 N–H and O–H groups in total. The van der Waals surface area contributed by atoms with Crippen molar-refractivity contribution in [3.05, 3.63) is 355 Å². The van der Waals surface area contributed by atoms with E-state index < -0.39 is 24.6 Å². The molecule has 27 nitrogen and oxygen atoms in total. The molecule has 6 aromatic heterocycles. The van der Waals surface area contributed by atoms with Gasteiger partial charge in [0.05, 0.1) is 30.0 Å². The fourth-order valence-electron chi connectivity index (χ4n) is 10.9. The fourth-order valence-corrected chi connectivity index (χ4v) is 10.9. The first-order chi connectivity index (χ1) is 62.1. The Bertz CT molecular complexity index is 4910. The van der Waals surface area contributed by atoms with E-state index in [4.69, 9.17) is 46.0 Å². The number of ether oxygens (including phenoxy) is 2. The second-order valence-electron chi connectivity index (χ2n) is 28.1. The summed E-state index contributed by atoms with van der Waals surface area (Å²) >= 11 is 0. The predicted molar refractivity (Wildman–Crippen MR) is 502 cm³/mol. The third-order valence-electron chi connectivity index (χ3n) is 17.2. The molecule has 0 aliphatic carbocycles. The molecule has 8 aromatic carbocycles. The van der Waals surface area contributed by atoms with Crippen LogP contribution in [0, 0.1) is 84.9 Å². The summed E-state index contributed by atoms with van der Waals surface area (Å²) in [7, 11) is 4.38. The Morgan fingerprint density at radius 2 is 0.644 bits per heavy atom. The number of phenols is 2. The number of carbonyl (C=O) groups is 2. The van der Waals surface area contributed by atoms with Crippen LogP contribution in [0.5, 0.6) is 11.5 Å². The average Bonchev–Trinajstić information content (AvgIpc) is 1.04. The van der Waals surface area contributed by atoms with Crippen LogP contribution in [0.2, 0.25) is 0 Å². The van der Waals surface area contributed by atoms with Crippen molar-refractivity contribution in [2.45, 2.75) is 151 Å². The van der Waals surface area contributed by atoms with Crippen LogP contribution in [0.15, 0.2) is 267 Å². The van der Waals surface area contributed by atoms with Crippen LogP contribution in [-0.2, 0) is 135 Å². The Morgan fingerprint density at radius 1 is 0.385 bits per heavy atom. The topological polar surface area (TPSA) is 416 Å². The standard InChI is InChI=1S/C12H11N2.5C11H9N2.C8H9NO.C7H6O2.C5H8NO2.C5H12O4.2C5H12O2.6Ir/c1-9-3-5-11(6-4-9)12-10(2)13-7-8-14-12;5*1-9-11(13-8-7-12-9)10-5-3-2-4-6-10;1-9-6-7-4-2-3-5-8(7)10;8-5-6-3-1-2-4-7(6)9;7-5(8)4-2-1-3-6-4;1-8-4(6)3-5(7)9-2;2*1-4(6)3-5(2)7;;;;;;/h3-5,7-8H,1-2H3;5*2-5,7-8H,1H3;2-6,10H,1H3;1-5,9H;4H,1-3H2,(H,7,8);4-7H,3H2,1-2H3;2*4-7H,3H2,1-2H3;;;;;;/q6*-1;;;-1;;;;;;;;;. The SMILES string of the molecule is CC(O)CC(C)O.CC(O)CC(C)O.CN=Cc1ccccc1O.COC(O)CC(O)OC.Cc1c[c-]c(-c2nccnc2C)cc1.Cc1nccnc1-c1[c-]cccc1.Cc1nccnc1-c1[c-]cccc1.Cc1nccnc1-c1[c-]cccc1.Cc1nccnc1-c1[c-]cccc1.Cc1nccnc1-c1[c-]cccc1.O=C(O)C1CCC[N-]1.O=Cc1ccccc1O.[Ir].[Ir].[Ir].[Ir].[Ir].[Ir]. The summed E-state index contributed by atoms with van der Waals surface area (Å²) in [5, 5.41) is 81.8. The van der Waals surface area contributed by atoms with Crippen LogP contribution >= 0.6 is 0 Å². The Morgan fingerprint density at radius 3 is 0.822 bits per heavy atom. The molecular weight excluding hydrogens is 2780 g/mol. The maximum atomic E-state index is 10.1. The number of aliphatic carboxylic acids is 1. The van der Waals surface area contributed by atoms with Gasteiger partial charge in [0.25, 0.3) is 5.97 Å². The van der Waals surface area contributed by atoms with Gasteiger partial charge in [-0.25, -0.2) is 0 Å². The number of hydrogen-bond donors (Lipinski definition) is 9. The van der Waals surface area contributed by atoms with Crippen LogP contribution in [0.3, 0.4) is 0 Å². The van der Waals surface area contributed by atoms with E-state index in [1.54, 1.807) is 146 Å². The molecule has 14 aromatic rings. The number of aldehydes is 1. The van der Waals surface area contributed by atoms with Gasteiger partial charge in [0, 0.05) is 303 Å². The zero-order valence-corrected chi connectivity index (χ0v) is 91.6. The van der Waals surface area contributed by atoms with Crippen molar-refractivity contribution >= 4 is 18.5 Å². The first-order valence-electron chi connectivity index (χ1n) is 41.1. The van der Waals surface area contributed by atoms with Gasteiger partial charge >= 0.3 is 0 Å². The third kappa shape index (κ3) is 54.7. The van der Waals surface area contributed by atoms with Crippen LogP contribution in [0.1, 0.15) is 115 Å². The molecule has 7 heterocycles. The fraction of sp³-hybridized carbons (Fsp3) is 0.265. The van der Waals surface area contributed by atoms with Crippen molar-refractivity contribution in [2.24, 2.45) is 4.99 Å². The first kappa shape index (κ1) is 129. The van der Waals surface area contributed by atoms with E-state index in [1.165, 1.54) is 25.8 Å². The van der Waals surface area contributed by atoms with E-state index in [0.29, 0.717) is 24.7 Å². The number of rotatable bonds is 17. The zero-order valence-electron chi connectivity index (χ0n) is 77.2. The molecule has 1 aliphatic heterocycles. The molecule has 1 saturated heterocycles. The van der Waals surface area contributed by atoms with Gasteiger partial charge in [-0.15, -0.1) is 221 Å². The van der Waals surface area contributed by atoms with Gasteiger partial charge in [-0.3, -0.25) is 44.5 Å². The molecule has 0 amide bonds. The van der Waals surface area contributed by atoms with Crippen molar-refractivity contribution in [2.75, 3.05) is 27.8 Å². The van der Waals surface area contributed by atoms with E-state index in [2.05, 4.69) is 122 Å². The second-order valence-corrected chi connectivity index (χ2v) is 28.1. The number of methoxy groups -OCH3 is 2. The number of carbonyl (C=O) groups excluding carboxylic acids is 1. The third-order valence-corrected chi connectivity index (χ3v) is 17.2. The van der Waals surface area contributed by atoms with E-state index in [1.807, 2.05) is 194 Å². The van der Waals surface area contributed by atoms with E-state index in [9.17, 15) is 9.59 Å². The maximum absolute atomic E-state index is 10.1. The molecule has 6 radical (unpaired) electrons. The van der Waals surface area contributed by atoms with Crippen molar-refractivity contribution < 1.29 is 186 Å². The van der Waals surface area contributed by atoms with Gasteiger partial charge < -0.3 is 90.7 Å². The molecule has 1 aliphatic rings. The summed E-state index contributed by atoms with van der Waals surface area (Å²) < 4.78 is 8.88. The number of hydrogen-bond acceptors (Lipinski definition) is 25.